The fourth-order valence-electron chi connectivity index (χ4n) is 2.18. The van der Waals surface area contributed by atoms with E-state index in [1.54, 1.807) is 4.90 Å². The van der Waals surface area contributed by atoms with Crippen LogP contribution in [0, 0.1) is 0 Å². The summed E-state index contributed by atoms with van der Waals surface area (Å²) in [5, 5.41) is 2.82. The molecule has 0 aromatic heterocycles. The lowest BCUT2D eigenvalue weighted by Gasteiger charge is -2.22. The largest absolute Gasteiger partial charge is 0.339 e. The lowest BCUT2D eigenvalue weighted by molar-refractivity contribution is -0.126. The fraction of sp³-hybridized carbons (Fsp3) is 0.375. The van der Waals surface area contributed by atoms with E-state index in [-0.39, 0.29) is 11.8 Å². The second-order valence-corrected chi connectivity index (χ2v) is 5.97. The number of nitrogens with zero attached hydrogens (tertiary/aromatic N) is 1. The maximum atomic E-state index is 12.3. The number of para-hydroxylation sites is 1. The molecule has 0 saturated carbocycles. The highest BCUT2D eigenvalue weighted by molar-refractivity contribution is 8.04. The molecule has 0 spiro atoms. The summed E-state index contributed by atoms with van der Waals surface area (Å²) in [6.07, 6.45) is 3.29. The maximum absolute atomic E-state index is 12.3. The van der Waals surface area contributed by atoms with Gasteiger partial charge in [-0.25, -0.2) is 0 Å². The van der Waals surface area contributed by atoms with Gasteiger partial charge in [0.15, 0.2) is 0 Å². The number of anilines is 1. The third-order valence-corrected chi connectivity index (χ3v) is 4.23. The van der Waals surface area contributed by atoms with E-state index < -0.39 is 0 Å². The van der Waals surface area contributed by atoms with Gasteiger partial charge in [-0.1, -0.05) is 37.7 Å². The van der Waals surface area contributed by atoms with Gasteiger partial charge in [-0.15, -0.1) is 0 Å². The Morgan fingerprint density at radius 1 is 1.24 bits per heavy atom. The second kappa shape index (κ2) is 7.31. The van der Waals surface area contributed by atoms with E-state index in [1.165, 1.54) is 17.8 Å². The van der Waals surface area contributed by atoms with Crippen molar-refractivity contribution >= 4 is 29.3 Å². The molecule has 0 saturated heterocycles. The summed E-state index contributed by atoms with van der Waals surface area (Å²) in [6.45, 7) is 5.53. The number of carbonyl (C=O) groups is 2. The van der Waals surface area contributed by atoms with Crippen LogP contribution in [-0.4, -0.2) is 29.8 Å². The van der Waals surface area contributed by atoms with Crippen LogP contribution < -0.4 is 5.32 Å². The normalized spacial score (nSPS) is 15.5. The zero-order valence-corrected chi connectivity index (χ0v) is 13.2. The van der Waals surface area contributed by atoms with E-state index in [1.807, 2.05) is 38.1 Å². The second-order valence-electron chi connectivity index (χ2n) is 4.89. The third-order valence-electron chi connectivity index (χ3n) is 3.13. The van der Waals surface area contributed by atoms with E-state index in [4.69, 9.17) is 0 Å². The average Bonchev–Trinajstić information content (AvgIpc) is 2.47. The van der Waals surface area contributed by atoms with Gasteiger partial charge in [0.2, 0.25) is 5.91 Å². The lowest BCUT2D eigenvalue weighted by Crippen LogP contribution is -2.32. The summed E-state index contributed by atoms with van der Waals surface area (Å²) >= 11 is 1.35. The molecule has 4 nitrogen and oxygen atoms in total. The van der Waals surface area contributed by atoms with Crippen LogP contribution in [0.1, 0.15) is 26.7 Å². The van der Waals surface area contributed by atoms with Crippen LogP contribution in [0.3, 0.4) is 0 Å². The SMILES string of the molecule is CCCN(CCC)C(=O)/C=C1/Sc2ccccc2NC1=O. The topological polar surface area (TPSA) is 49.4 Å². The molecule has 2 amide bonds. The van der Waals surface area contributed by atoms with E-state index in [2.05, 4.69) is 5.32 Å². The number of rotatable bonds is 5. The van der Waals surface area contributed by atoms with Gasteiger partial charge < -0.3 is 10.2 Å². The van der Waals surface area contributed by atoms with Gasteiger partial charge in [0, 0.05) is 24.1 Å². The van der Waals surface area contributed by atoms with Gasteiger partial charge >= 0.3 is 0 Å². The average molecular weight is 304 g/mol. The number of thioether (sulfide) groups is 1. The predicted molar refractivity (Wildman–Crippen MR) is 86.2 cm³/mol. The van der Waals surface area contributed by atoms with Crippen molar-refractivity contribution in [2.75, 3.05) is 18.4 Å². The maximum Gasteiger partial charge on any atom is 0.262 e. The summed E-state index contributed by atoms with van der Waals surface area (Å²) in [7, 11) is 0. The predicted octanol–water partition coefficient (Wildman–Crippen LogP) is 3.26. The van der Waals surface area contributed by atoms with Crippen molar-refractivity contribution in [3.05, 3.63) is 35.2 Å². The Kier molecular flexibility index (Phi) is 5.44. The summed E-state index contributed by atoms with van der Waals surface area (Å²) < 4.78 is 0. The number of fused-ring (bicyclic) bond motifs is 1. The Hall–Kier alpha value is -1.75. The number of hydrogen-bond acceptors (Lipinski definition) is 3. The molecule has 1 aromatic carbocycles. The molecule has 1 aliphatic rings. The van der Waals surface area contributed by atoms with E-state index in [0.717, 1.165) is 36.5 Å². The minimum absolute atomic E-state index is 0.0873. The molecule has 1 aromatic rings. The summed E-state index contributed by atoms with van der Waals surface area (Å²) in [4.78, 5) is 27.6. The Morgan fingerprint density at radius 3 is 2.57 bits per heavy atom. The Morgan fingerprint density at radius 2 is 1.90 bits per heavy atom. The van der Waals surface area contributed by atoms with Crippen LogP contribution in [0.2, 0.25) is 0 Å². The molecule has 1 heterocycles. The monoisotopic (exact) mass is 304 g/mol. The van der Waals surface area contributed by atoms with Crippen LogP contribution in [0.15, 0.2) is 40.1 Å². The first-order chi connectivity index (χ1) is 10.2. The number of carbonyl (C=O) groups excluding carboxylic acids is 2. The van der Waals surface area contributed by atoms with Crippen LogP contribution in [0.5, 0.6) is 0 Å². The van der Waals surface area contributed by atoms with Crippen LogP contribution >= 0.6 is 11.8 Å². The molecule has 0 atom stereocenters. The first kappa shape index (κ1) is 15.6. The van der Waals surface area contributed by atoms with Gasteiger partial charge in [0.25, 0.3) is 5.91 Å². The zero-order valence-electron chi connectivity index (χ0n) is 12.4. The number of nitrogens with one attached hydrogen (secondary N) is 1. The first-order valence-corrected chi connectivity index (χ1v) is 8.06. The van der Waals surface area contributed by atoms with Crippen LogP contribution in [0.4, 0.5) is 5.69 Å². The fourth-order valence-corrected chi connectivity index (χ4v) is 3.09. The molecule has 5 heteroatoms. The van der Waals surface area contributed by atoms with Crippen LogP contribution in [-0.2, 0) is 9.59 Å². The van der Waals surface area contributed by atoms with Crippen molar-refractivity contribution in [1.82, 2.24) is 4.90 Å². The molecule has 112 valence electrons. The zero-order chi connectivity index (χ0) is 15.2. The van der Waals surface area contributed by atoms with Gasteiger partial charge in [-0.3, -0.25) is 9.59 Å². The van der Waals surface area contributed by atoms with E-state index in [0.29, 0.717) is 4.91 Å². The number of hydrogen-bond donors (Lipinski definition) is 1. The Bertz CT molecular complexity index is 563. The molecule has 21 heavy (non-hydrogen) atoms. The number of benzene rings is 1. The molecule has 1 N–H and O–H groups in total. The van der Waals surface area contributed by atoms with Crippen molar-refractivity contribution in [3.8, 4) is 0 Å². The molecule has 0 unspecified atom stereocenters. The van der Waals surface area contributed by atoms with Crippen LogP contribution in [0.25, 0.3) is 0 Å². The highest BCUT2D eigenvalue weighted by atomic mass is 32.2. The summed E-state index contributed by atoms with van der Waals surface area (Å²) in [5.74, 6) is -0.296. The van der Waals surface area contributed by atoms with Crippen molar-refractivity contribution in [3.63, 3.8) is 0 Å². The molecule has 1 aliphatic heterocycles. The standard InChI is InChI=1S/C16H20N2O2S/c1-3-9-18(10-4-2)15(19)11-14-16(20)17-12-7-5-6-8-13(12)21-14/h5-8,11H,3-4,9-10H2,1-2H3,(H,17,20)/b14-11+. The van der Waals surface area contributed by atoms with E-state index in [9.17, 15) is 9.59 Å². The van der Waals surface area contributed by atoms with Gasteiger partial charge in [0.1, 0.15) is 0 Å². The van der Waals surface area contributed by atoms with Crippen molar-refractivity contribution in [2.24, 2.45) is 0 Å². The minimum Gasteiger partial charge on any atom is -0.339 e. The smallest absolute Gasteiger partial charge is 0.262 e. The number of amides is 2. The molecule has 0 radical (unpaired) electrons. The van der Waals surface area contributed by atoms with E-state index >= 15 is 0 Å². The highest BCUT2D eigenvalue weighted by Gasteiger charge is 2.22. The minimum atomic E-state index is -0.208. The molecule has 0 bridgehead atoms. The molecular weight excluding hydrogens is 284 g/mol. The Labute approximate surface area is 129 Å². The van der Waals surface area contributed by atoms with Crippen molar-refractivity contribution in [1.29, 1.82) is 0 Å². The molecule has 0 fully saturated rings. The molecule has 2 rings (SSSR count). The third kappa shape index (κ3) is 3.88. The highest BCUT2D eigenvalue weighted by Crippen LogP contribution is 2.37. The van der Waals surface area contributed by atoms with Gasteiger partial charge in [0.05, 0.1) is 10.6 Å². The quantitative estimate of drug-likeness (QED) is 0.849. The summed E-state index contributed by atoms with van der Waals surface area (Å²) in [5.41, 5.74) is 0.802. The first-order valence-electron chi connectivity index (χ1n) is 7.24. The van der Waals surface area contributed by atoms with Gasteiger partial charge in [-0.05, 0) is 25.0 Å². The van der Waals surface area contributed by atoms with Gasteiger partial charge in [-0.2, -0.15) is 0 Å². The molecule has 0 aliphatic carbocycles. The summed E-state index contributed by atoms with van der Waals surface area (Å²) in [6, 6.07) is 7.60. The van der Waals surface area contributed by atoms with Crippen molar-refractivity contribution < 1.29 is 9.59 Å². The molecular formula is C16H20N2O2S. The Balaban J connectivity index is 2.17. The lowest BCUT2D eigenvalue weighted by atomic mass is 10.3. The van der Waals surface area contributed by atoms with Crippen molar-refractivity contribution in [2.45, 2.75) is 31.6 Å².